The van der Waals surface area contributed by atoms with Crippen LogP contribution in [-0.4, -0.2) is 14.2 Å². The van der Waals surface area contributed by atoms with Crippen LogP contribution in [0.2, 0.25) is 5.02 Å². The van der Waals surface area contributed by atoms with Crippen LogP contribution in [0.1, 0.15) is 17.0 Å². The molecule has 21 heavy (non-hydrogen) atoms. The van der Waals surface area contributed by atoms with Crippen LogP contribution in [-0.2, 0) is 6.42 Å². The summed E-state index contributed by atoms with van der Waals surface area (Å²) >= 11 is 6.12. The number of nitriles is 1. The Kier molecular flexibility index (Phi) is 5.08. The van der Waals surface area contributed by atoms with Gasteiger partial charge in [-0.05, 0) is 41.8 Å². The van der Waals surface area contributed by atoms with Gasteiger partial charge in [0.2, 0.25) is 0 Å². The van der Waals surface area contributed by atoms with Gasteiger partial charge in [-0.25, -0.2) is 0 Å². The summed E-state index contributed by atoms with van der Waals surface area (Å²) in [5.74, 6) is 1.14. The summed E-state index contributed by atoms with van der Waals surface area (Å²) in [6, 6.07) is 15.5. The second kappa shape index (κ2) is 7.01. The van der Waals surface area contributed by atoms with E-state index in [-0.39, 0.29) is 5.92 Å². The molecule has 0 aliphatic rings. The van der Waals surface area contributed by atoms with Crippen molar-refractivity contribution in [1.29, 1.82) is 5.26 Å². The van der Waals surface area contributed by atoms with Crippen LogP contribution in [0.5, 0.6) is 11.5 Å². The highest BCUT2D eigenvalue weighted by Crippen LogP contribution is 2.29. The number of benzene rings is 2. The average Bonchev–Trinajstić information content (AvgIpc) is 2.52. The molecule has 3 nitrogen and oxygen atoms in total. The minimum absolute atomic E-state index is 0.246. The second-order valence-corrected chi connectivity index (χ2v) is 5.04. The molecule has 0 N–H and O–H groups in total. The van der Waals surface area contributed by atoms with Crippen LogP contribution in [0.25, 0.3) is 0 Å². The van der Waals surface area contributed by atoms with E-state index >= 15 is 0 Å². The Bertz CT molecular complexity index is 664. The lowest BCUT2D eigenvalue weighted by molar-refractivity contribution is 0.414. The fraction of sp³-hybridized carbons (Fsp3) is 0.235. The van der Waals surface area contributed by atoms with E-state index in [1.54, 1.807) is 14.2 Å². The van der Waals surface area contributed by atoms with Crippen molar-refractivity contribution in [3.8, 4) is 17.6 Å². The Hall–Kier alpha value is -2.18. The van der Waals surface area contributed by atoms with Crippen molar-refractivity contribution in [2.75, 3.05) is 14.2 Å². The lowest BCUT2D eigenvalue weighted by Crippen LogP contribution is -2.01. The molecule has 0 bridgehead atoms. The summed E-state index contributed by atoms with van der Waals surface area (Å²) in [7, 11) is 3.19. The molecule has 2 rings (SSSR count). The monoisotopic (exact) mass is 301 g/mol. The van der Waals surface area contributed by atoms with Gasteiger partial charge in [0.15, 0.2) is 0 Å². The van der Waals surface area contributed by atoms with Gasteiger partial charge in [-0.15, -0.1) is 0 Å². The maximum Gasteiger partial charge on any atom is 0.137 e. The van der Waals surface area contributed by atoms with Crippen LogP contribution < -0.4 is 9.47 Å². The molecule has 108 valence electrons. The molecular formula is C17H16ClNO2. The zero-order chi connectivity index (χ0) is 15.2. The molecule has 4 heteroatoms. The molecule has 0 saturated carbocycles. The van der Waals surface area contributed by atoms with Crippen LogP contribution in [0.4, 0.5) is 0 Å². The number of ether oxygens (including phenoxy) is 2. The number of halogens is 1. The summed E-state index contributed by atoms with van der Waals surface area (Å²) in [5, 5.41) is 9.98. The molecule has 1 unspecified atom stereocenters. The summed E-state index contributed by atoms with van der Waals surface area (Å²) in [5.41, 5.74) is 1.93. The Morgan fingerprint density at radius 2 is 1.95 bits per heavy atom. The maximum absolute atomic E-state index is 9.43. The number of hydrogen-bond donors (Lipinski definition) is 0. The van der Waals surface area contributed by atoms with Gasteiger partial charge in [0.25, 0.3) is 0 Å². The third-order valence-electron chi connectivity index (χ3n) is 3.31. The van der Waals surface area contributed by atoms with Crippen molar-refractivity contribution in [2.24, 2.45) is 0 Å². The molecule has 0 spiro atoms. The number of methoxy groups -OCH3 is 2. The first-order valence-corrected chi connectivity index (χ1v) is 6.91. The molecular weight excluding hydrogens is 286 g/mol. The Morgan fingerprint density at radius 3 is 2.57 bits per heavy atom. The van der Waals surface area contributed by atoms with E-state index in [0.29, 0.717) is 17.2 Å². The van der Waals surface area contributed by atoms with Crippen molar-refractivity contribution in [1.82, 2.24) is 0 Å². The Morgan fingerprint density at radius 1 is 1.14 bits per heavy atom. The van der Waals surface area contributed by atoms with Gasteiger partial charge in [0.05, 0.1) is 31.2 Å². The number of hydrogen-bond acceptors (Lipinski definition) is 3. The van der Waals surface area contributed by atoms with E-state index in [9.17, 15) is 5.26 Å². The van der Waals surface area contributed by atoms with Gasteiger partial charge < -0.3 is 9.47 Å². The zero-order valence-corrected chi connectivity index (χ0v) is 12.7. The van der Waals surface area contributed by atoms with Crippen LogP contribution in [0.15, 0.2) is 42.5 Å². The van der Waals surface area contributed by atoms with Crippen LogP contribution in [0.3, 0.4) is 0 Å². The van der Waals surface area contributed by atoms with E-state index < -0.39 is 0 Å². The molecule has 0 amide bonds. The van der Waals surface area contributed by atoms with Gasteiger partial charge in [-0.1, -0.05) is 29.8 Å². The first-order valence-electron chi connectivity index (χ1n) is 6.54. The third kappa shape index (κ3) is 3.68. The van der Waals surface area contributed by atoms with Gasteiger partial charge >= 0.3 is 0 Å². The lowest BCUT2D eigenvalue weighted by atomic mass is 9.93. The average molecular weight is 302 g/mol. The quantitative estimate of drug-likeness (QED) is 0.831. The smallest absolute Gasteiger partial charge is 0.137 e. The zero-order valence-electron chi connectivity index (χ0n) is 12.0. The molecule has 0 aromatic heterocycles. The standard InChI is InChI=1S/C17H16ClNO2/c1-20-15-5-3-4-13(10-15)14(11-19)8-12-6-7-17(21-2)16(18)9-12/h3-7,9-10,14H,8H2,1-2H3. The van der Waals surface area contributed by atoms with Gasteiger partial charge in [-0.3, -0.25) is 0 Å². The molecule has 1 atom stereocenters. The highest BCUT2D eigenvalue weighted by Gasteiger charge is 2.13. The number of nitrogens with zero attached hydrogens (tertiary/aromatic N) is 1. The topological polar surface area (TPSA) is 42.2 Å². The summed E-state index contributed by atoms with van der Waals surface area (Å²) in [6.07, 6.45) is 0.591. The first-order chi connectivity index (χ1) is 10.2. The maximum atomic E-state index is 9.43. The second-order valence-electron chi connectivity index (χ2n) is 4.63. The van der Waals surface area contributed by atoms with E-state index in [2.05, 4.69) is 6.07 Å². The summed E-state index contributed by atoms with van der Waals surface area (Å²) in [6.45, 7) is 0. The number of rotatable bonds is 5. The van der Waals surface area contributed by atoms with Crippen molar-refractivity contribution in [2.45, 2.75) is 12.3 Å². The van der Waals surface area contributed by atoms with Gasteiger partial charge in [0.1, 0.15) is 11.5 Å². The molecule has 0 aliphatic carbocycles. The minimum Gasteiger partial charge on any atom is -0.497 e. The molecule has 0 aliphatic heterocycles. The summed E-state index contributed by atoms with van der Waals surface area (Å²) < 4.78 is 10.3. The van der Waals surface area contributed by atoms with E-state index in [1.165, 1.54) is 0 Å². The van der Waals surface area contributed by atoms with E-state index in [0.717, 1.165) is 16.9 Å². The Labute approximate surface area is 129 Å². The predicted molar refractivity (Wildman–Crippen MR) is 83.1 cm³/mol. The molecule has 0 saturated heterocycles. The lowest BCUT2D eigenvalue weighted by Gasteiger charge is -2.12. The van der Waals surface area contributed by atoms with Crippen LogP contribution in [0, 0.1) is 11.3 Å². The fourth-order valence-corrected chi connectivity index (χ4v) is 2.45. The van der Waals surface area contributed by atoms with Gasteiger partial charge in [0, 0.05) is 0 Å². The molecule has 0 fully saturated rings. The van der Waals surface area contributed by atoms with E-state index in [1.807, 2.05) is 42.5 Å². The SMILES string of the molecule is COc1cccc(C(C#N)Cc2ccc(OC)c(Cl)c2)c1. The molecule has 0 radical (unpaired) electrons. The summed E-state index contributed by atoms with van der Waals surface area (Å²) in [4.78, 5) is 0. The highest BCUT2D eigenvalue weighted by molar-refractivity contribution is 6.32. The molecule has 2 aromatic rings. The Balaban J connectivity index is 2.23. The van der Waals surface area contributed by atoms with Crippen molar-refractivity contribution < 1.29 is 9.47 Å². The molecule has 0 heterocycles. The predicted octanol–water partition coefficient (Wildman–Crippen LogP) is 4.21. The third-order valence-corrected chi connectivity index (χ3v) is 3.60. The van der Waals surface area contributed by atoms with Gasteiger partial charge in [-0.2, -0.15) is 5.26 Å². The minimum atomic E-state index is -0.246. The fourth-order valence-electron chi connectivity index (χ4n) is 2.17. The normalized spacial score (nSPS) is 11.5. The highest BCUT2D eigenvalue weighted by atomic mass is 35.5. The largest absolute Gasteiger partial charge is 0.497 e. The van der Waals surface area contributed by atoms with E-state index in [4.69, 9.17) is 21.1 Å². The molecule has 2 aromatic carbocycles. The van der Waals surface area contributed by atoms with Crippen molar-refractivity contribution in [3.05, 3.63) is 58.6 Å². The van der Waals surface area contributed by atoms with Crippen LogP contribution >= 0.6 is 11.6 Å². The van der Waals surface area contributed by atoms with Crippen molar-refractivity contribution in [3.63, 3.8) is 0 Å². The first kappa shape index (κ1) is 15.2. The van der Waals surface area contributed by atoms with Crippen molar-refractivity contribution >= 4 is 11.6 Å².